The molecule has 7 fully saturated rings. The van der Waals surface area contributed by atoms with E-state index in [0.29, 0.717) is 137 Å². The number of aromatic nitrogens is 10. The van der Waals surface area contributed by atoms with Gasteiger partial charge in [0.05, 0.1) is 62.5 Å². The quantitative estimate of drug-likeness (QED) is 0.0740. The molecule has 12 aromatic rings. The number of nitrogens with zero attached hydrogens (tertiary/aromatic N) is 18. The van der Waals surface area contributed by atoms with Crippen LogP contribution >= 0.6 is 56.7 Å². The highest BCUT2D eigenvalue weighted by Gasteiger charge is 2.45. The first-order valence-electron chi connectivity index (χ1n) is 43.4. The highest BCUT2D eigenvalue weighted by Crippen LogP contribution is 2.45. The number of thiophene rings is 5. The van der Waals surface area contributed by atoms with E-state index in [9.17, 15) is 29.1 Å². The fraction of sp³-hybridized carbons (Fsp3) is 0.484. The van der Waals surface area contributed by atoms with Crippen LogP contribution in [0.1, 0.15) is 187 Å². The van der Waals surface area contributed by atoms with Crippen LogP contribution in [0.25, 0.3) is 51.1 Å². The Balaban J connectivity index is 0.000000122. The van der Waals surface area contributed by atoms with Crippen LogP contribution in [-0.4, -0.2) is 249 Å². The fourth-order valence-corrected chi connectivity index (χ4v) is 23.7. The molecule has 7 aliphatic rings. The van der Waals surface area contributed by atoms with Crippen molar-refractivity contribution in [1.29, 1.82) is 0 Å². The van der Waals surface area contributed by atoms with E-state index in [-0.39, 0.29) is 42.4 Å². The maximum Gasteiger partial charge on any atom is 0.266 e. The highest BCUT2D eigenvalue weighted by molar-refractivity contribution is 7.22. The number of anilines is 5. The van der Waals surface area contributed by atoms with Gasteiger partial charge in [0.15, 0.2) is 0 Å². The van der Waals surface area contributed by atoms with E-state index in [2.05, 4.69) is 79.5 Å². The van der Waals surface area contributed by atoms with Gasteiger partial charge >= 0.3 is 0 Å². The number of nitrogens with two attached hydrogens (primary N) is 5. The molecular weight excluding hydrogens is 1690 g/mol. The van der Waals surface area contributed by atoms with Crippen LogP contribution in [0.15, 0.2) is 60.7 Å². The Hall–Kier alpha value is -10.2. The number of aliphatic hydroxyl groups is 1. The zero-order valence-electron chi connectivity index (χ0n) is 74.3. The fourth-order valence-electron chi connectivity index (χ4n) is 18.4. The molecule has 2 aromatic carbocycles. The summed E-state index contributed by atoms with van der Waals surface area (Å²) < 4.78 is 15.3. The van der Waals surface area contributed by atoms with Crippen molar-refractivity contribution in [2.75, 3.05) is 134 Å². The second-order valence-electron chi connectivity index (χ2n) is 35.2. The van der Waals surface area contributed by atoms with Crippen molar-refractivity contribution in [3.63, 3.8) is 0 Å². The number of hydrogen-bond donors (Lipinski definition) is 6. The van der Waals surface area contributed by atoms with Gasteiger partial charge in [-0.2, -0.15) is 25.5 Å². The highest BCUT2D eigenvalue weighted by atomic mass is 32.1. The van der Waals surface area contributed by atoms with E-state index in [1.807, 2.05) is 159 Å². The topological polar surface area (TPSA) is 390 Å². The SMILES string of the molecule is Cc1nnc2sc(C(=O)N3CC4CN(C(C)C)CC4C3)c(N)c2c1C.Cc1nnc2sc(C(=O)N3CCC(F)(c4ccccc4)CC3)c(N)c2c1C.Cc1nnc2sc(C(=O)N3CCC(N(C)C)C3)c(N)c2c1C.Cc1nnc2sc(C(=O)N3CCC(N4CCCCC4)C3)c(N)c2c1C.Cc1nnc2sc(C(=O)N3CCC(O)(c4ccccc4)CC3)c(N)c2c1C. The molecule has 5 amide bonds. The number of aryl methyl sites for hydroxylation is 10. The average Bonchev–Trinajstić information content (AvgIpc) is 1.50. The number of likely N-dealkylation sites (tertiary alicyclic amines) is 7. The maximum absolute atomic E-state index is 15.3. The molecule has 19 rings (SSSR count). The normalized spacial score (nSPS) is 19.5. The van der Waals surface area contributed by atoms with Crippen LogP contribution in [0, 0.1) is 81.1 Å². The molecule has 0 radical (unpaired) electrons. The molecule has 10 aromatic heterocycles. The predicted molar refractivity (Wildman–Crippen MR) is 504 cm³/mol. The number of hydrogen-bond acceptors (Lipinski definition) is 29. The largest absolute Gasteiger partial charge is 0.397 e. The predicted octanol–water partition coefficient (Wildman–Crippen LogP) is 13.6. The molecule has 666 valence electrons. The molecule has 7 saturated heterocycles. The lowest BCUT2D eigenvalue weighted by molar-refractivity contribution is -0.0210. The number of halogens is 1. The van der Waals surface area contributed by atoms with Crippen LogP contribution in [0.5, 0.6) is 0 Å². The Bertz CT molecular complexity index is 5930. The minimum Gasteiger partial charge on any atom is -0.397 e. The molecule has 35 heteroatoms. The van der Waals surface area contributed by atoms with Crippen molar-refractivity contribution < 1.29 is 33.5 Å². The Morgan fingerprint density at radius 1 is 0.397 bits per heavy atom. The minimum atomic E-state index is -1.39. The van der Waals surface area contributed by atoms with Crippen LogP contribution in [0.4, 0.5) is 32.8 Å². The molecule has 0 saturated carbocycles. The molecule has 126 heavy (non-hydrogen) atoms. The summed E-state index contributed by atoms with van der Waals surface area (Å²) in [6.45, 7) is 34.9. The van der Waals surface area contributed by atoms with Gasteiger partial charge in [-0.25, -0.2) is 4.39 Å². The van der Waals surface area contributed by atoms with Gasteiger partial charge in [0.25, 0.3) is 29.5 Å². The Kier molecular flexibility index (Phi) is 26.7. The van der Waals surface area contributed by atoms with Crippen molar-refractivity contribution in [2.24, 2.45) is 11.8 Å². The summed E-state index contributed by atoms with van der Waals surface area (Å²) in [7, 11) is 4.10. The number of piperidine rings is 3. The van der Waals surface area contributed by atoms with Crippen LogP contribution in [0.2, 0.25) is 0 Å². The number of carbonyl (C=O) groups is 5. The van der Waals surface area contributed by atoms with Crippen molar-refractivity contribution in [1.82, 2.24) is 90.2 Å². The number of carbonyl (C=O) groups excluding carboxylic acids is 5. The molecule has 29 nitrogen and oxygen atoms in total. The molecule has 0 aliphatic carbocycles. The van der Waals surface area contributed by atoms with Crippen LogP contribution < -0.4 is 28.7 Å². The molecule has 7 aliphatic heterocycles. The first kappa shape index (κ1) is 90.5. The van der Waals surface area contributed by atoms with Gasteiger partial charge in [0, 0.05) is 136 Å². The Morgan fingerprint density at radius 3 is 1.06 bits per heavy atom. The summed E-state index contributed by atoms with van der Waals surface area (Å²) in [5.74, 6) is 1.06. The molecule has 4 unspecified atom stereocenters. The summed E-state index contributed by atoms with van der Waals surface area (Å²) in [5, 5.41) is 57.0. The van der Waals surface area contributed by atoms with E-state index < -0.39 is 11.3 Å². The third-order valence-electron chi connectivity index (χ3n) is 27.0. The summed E-state index contributed by atoms with van der Waals surface area (Å²) in [5.41, 5.74) is 42.6. The first-order valence-corrected chi connectivity index (χ1v) is 47.4. The zero-order chi connectivity index (χ0) is 89.8. The van der Waals surface area contributed by atoms with Crippen LogP contribution in [-0.2, 0) is 11.3 Å². The van der Waals surface area contributed by atoms with E-state index in [1.165, 1.54) is 89.0 Å². The number of likely N-dealkylation sites (N-methyl/N-ethyl adjacent to an activating group) is 1. The average molecular weight is 1810 g/mol. The lowest BCUT2D eigenvalue weighted by Gasteiger charge is -2.38. The summed E-state index contributed by atoms with van der Waals surface area (Å²) in [6.07, 6.45) is 7.55. The van der Waals surface area contributed by atoms with Gasteiger partial charge in [0.2, 0.25) is 0 Å². The third kappa shape index (κ3) is 17.8. The number of alkyl halides is 1. The van der Waals surface area contributed by atoms with Gasteiger partial charge in [-0.05, 0) is 200 Å². The number of rotatable bonds is 10. The number of fused-ring (bicyclic) bond motifs is 6. The standard InChI is InChI=1S/C20H21FN4OS.C20H22N4O2S.2C18H25N5OS.C15H21N5OS/c1-12-13(2)23-24-18-15(12)16(22)17(27-18)19(26)25-10-8-20(21,9-11-25)14-6-4-3-5-7-14;1-12-13(2)22-23-18-15(12)16(21)17(27-18)19(25)24-10-8-20(26,9-11-24)14-6-4-3-5-7-14;1-9(2)22-5-12-7-23(8-13(12)6-22)18(24)16-15(19)14-10(3)11(4)20-21-17(14)25-16;1-11-12(2)20-21-17-14(11)15(19)16(25-17)18(24)23-9-6-13(10-23)22-7-4-3-5-8-22;1-8-9(2)17-18-14-11(8)12(16)13(22-14)15(21)20-6-5-10(7-20)19(3)4/h3-7H,8-11,22H2,1-2H3;3-7,26H,8-11,21H2,1-2H3;9,12-13H,5-8,19H2,1-4H3;13H,3-10,19H2,1-2H3;10H,5-7,16H2,1-4H3. The molecule has 0 spiro atoms. The lowest BCUT2D eigenvalue weighted by atomic mass is 9.84. The summed E-state index contributed by atoms with van der Waals surface area (Å²) in [4.78, 5) is 88.0. The van der Waals surface area contributed by atoms with Gasteiger partial charge < -0.3 is 68.1 Å². The van der Waals surface area contributed by atoms with Crippen LogP contribution in [0.3, 0.4) is 0 Å². The smallest absolute Gasteiger partial charge is 0.266 e. The summed E-state index contributed by atoms with van der Waals surface area (Å²) >= 11 is 6.65. The van der Waals surface area contributed by atoms with Gasteiger partial charge in [-0.15, -0.1) is 82.2 Å². The molecule has 4 atom stereocenters. The van der Waals surface area contributed by atoms with Gasteiger partial charge in [-0.1, -0.05) is 67.1 Å². The van der Waals surface area contributed by atoms with E-state index in [1.54, 1.807) is 9.80 Å². The molecular formula is C91H114FN23O6S5. The number of amides is 5. The first-order chi connectivity index (χ1) is 60.1. The van der Waals surface area contributed by atoms with Crippen molar-refractivity contribution >= 4 is 166 Å². The Labute approximate surface area is 753 Å². The van der Waals surface area contributed by atoms with Crippen molar-refractivity contribution in [3.05, 3.63) is 152 Å². The maximum atomic E-state index is 15.3. The lowest BCUT2D eigenvalue weighted by Crippen LogP contribution is -2.45. The number of nitrogen functional groups attached to an aromatic ring is 5. The second kappa shape index (κ2) is 37.2. The van der Waals surface area contributed by atoms with Crippen molar-refractivity contribution in [2.45, 2.75) is 170 Å². The monoisotopic (exact) mass is 1800 g/mol. The summed E-state index contributed by atoms with van der Waals surface area (Å²) in [6, 6.07) is 20.3. The van der Waals surface area contributed by atoms with E-state index in [4.69, 9.17) is 28.7 Å². The molecule has 11 N–H and O–H groups in total. The second-order valence-corrected chi connectivity index (χ2v) is 40.2. The van der Waals surface area contributed by atoms with Gasteiger partial charge in [0.1, 0.15) is 54.2 Å². The van der Waals surface area contributed by atoms with Crippen molar-refractivity contribution in [3.8, 4) is 0 Å². The minimum absolute atomic E-state index is 0.0157. The van der Waals surface area contributed by atoms with E-state index in [0.717, 1.165) is 168 Å². The Morgan fingerprint density at radius 2 is 0.714 bits per heavy atom. The van der Waals surface area contributed by atoms with E-state index >= 15 is 4.39 Å². The van der Waals surface area contributed by atoms with Gasteiger partial charge in [-0.3, -0.25) is 28.9 Å². The number of benzene rings is 2. The molecule has 0 bridgehead atoms. The zero-order valence-corrected chi connectivity index (χ0v) is 78.4. The molecule has 17 heterocycles. The third-order valence-corrected chi connectivity index (χ3v) is 32.4.